The highest BCUT2D eigenvalue weighted by molar-refractivity contribution is 7.93. The topological polar surface area (TPSA) is 61.8 Å². The molecule has 0 radical (unpaired) electrons. The van der Waals surface area contributed by atoms with Gasteiger partial charge >= 0.3 is 15.5 Å². The van der Waals surface area contributed by atoms with Gasteiger partial charge in [0.2, 0.25) is 0 Å². The number of alkyl halides is 3. The number of hydrogen-bond donors (Lipinski definition) is 1. The number of hydrogen-bond acceptors (Lipinski definition) is 4. The molecular formula is C16H13ClF3N3O2S. The fourth-order valence-corrected chi connectivity index (χ4v) is 3.24. The highest BCUT2D eigenvalue weighted by atomic mass is 35.5. The molecule has 1 heterocycles. The molecule has 10 heteroatoms. The summed E-state index contributed by atoms with van der Waals surface area (Å²) in [5.74, 6) is 0. The van der Waals surface area contributed by atoms with E-state index < -0.39 is 15.5 Å². The van der Waals surface area contributed by atoms with Gasteiger partial charge in [0.25, 0.3) is 0 Å². The van der Waals surface area contributed by atoms with Gasteiger partial charge in [-0.25, -0.2) is 0 Å². The van der Waals surface area contributed by atoms with Gasteiger partial charge in [0.05, 0.1) is 17.1 Å². The van der Waals surface area contributed by atoms with Crippen molar-refractivity contribution in [2.24, 2.45) is 5.10 Å². The molecule has 1 N–H and O–H groups in total. The normalized spacial score (nSPS) is 15.1. The molecule has 0 bridgehead atoms. The average Bonchev–Trinajstić information content (AvgIpc) is 3.06. The van der Waals surface area contributed by atoms with Crippen molar-refractivity contribution in [1.82, 2.24) is 0 Å². The first-order valence-electron chi connectivity index (χ1n) is 7.46. The third-order valence-corrected chi connectivity index (χ3v) is 5.03. The molecule has 1 aliphatic heterocycles. The van der Waals surface area contributed by atoms with Crippen molar-refractivity contribution in [3.05, 3.63) is 59.1 Å². The molecule has 0 saturated carbocycles. The molecule has 1 aliphatic rings. The number of nitrogens with zero attached hydrogens (tertiary/aromatic N) is 2. The predicted molar refractivity (Wildman–Crippen MR) is 95.0 cm³/mol. The maximum absolute atomic E-state index is 12.7. The van der Waals surface area contributed by atoms with Gasteiger partial charge < -0.3 is 0 Å². The molecule has 0 aliphatic carbocycles. The van der Waals surface area contributed by atoms with Crippen LogP contribution in [0.4, 0.5) is 24.5 Å². The Morgan fingerprint density at radius 3 is 2.46 bits per heavy atom. The van der Waals surface area contributed by atoms with E-state index in [0.717, 1.165) is 5.69 Å². The summed E-state index contributed by atoms with van der Waals surface area (Å²) in [4.78, 5) is 0. The van der Waals surface area contributed by atoms with Crippen LogP contribution in [0.5, 0.6) is 0 Å². The molecular weight excluding hydrogens is 391 g/mol. The molecule has 0 fully saturated rings. The Kier molecular flexibility index (Phi) is 4.85. The standard InChI is InChI=1S/C16H13ClF3N3O2S/c17-11-6-7-15(22-26(24,25)16(18,19)20)13(10-11)14-8-9-23(21-14)12-4-2-1-3-5-12/h1-7,10,22H,8-9H2. The summed E-state index contributed by atoms with van der Waals surface area (Å²) >= 11 is 5.94. The summed E-state index contributed by atoms with van der Waals surface area (Å²) in [5, 5.41) is 6.35. The molecule has 3 rings (SSSR count). The third kappa shape index (κ3) is 3.78. The number of rotatable bonds is 4. The van der Waals surface area contributed by atoms with E-state index in [1.54, 1.807) is 9.73 Å². The second kappa shape index (κ2) is 6.81. The lowest BCUT2D eigenvalue weighted by Gasteiger charge is -2.14. The molecule has 5 nitrogen and oxygen atoms in total. The summed E-state index contributed by atoms with van der Waals surface area (Å²) in [6.07, 6.45) is 0.427. The lowest BCUT2D eigenvalue weighted by molar-refractivity contribution is -0.0429. The lowest BCUT2D eigenvalue weighted by Crippen LogP contribution is -2.30. The van der Waals surface area contributed by atoms with E-state index >= 15 is 0 Å². The van der Waals surface area contributed by atoms with Crippen LogP contribution in [-0.2, 0) is 10.0 Å². The predicted octanol–water partition coefficient (Wildman–Crippen LogP) is 4.22. The first kappa shape index (κ1) is 18.5. The number of benzene rings is 2. The highest BCUT2D eigenvalue weighted by Gasteiger charge is 2.46. The van der Waals surface area contributed by atoms with Crippen molar-refractivity contribution in [3.63, 3.8) is 0 Å². The molecule has 0 atom stereocenters. The number of sulfonamides is 1. The maximum atomic E-state index is 12.7. The molecule has 0 spiro atoms. The number of nitrogens with one attached hydrogen (secondary N) is 1. The Balaban J connectivity index is 1.97. The van der Waals surface area contributed by atoms with Gasteiger partial charge in [-0.2, -0.15) is 26.7 Å². The Bertz CT molecular complexity index is 947. The van der Waals surface area contributed by atoms with Crippen LogP contribution in [0.1, 0.15) is 12.0 Å². The van der Waals surface area contributed by atoms with Gasteiger partial charge in [-0.05, 0) is 30.3 Å². The zero-order valence-electron chi connectivity index (χ0n) is 13.2. The van der Waals surface area contributed by atoms with Crippen LogP contribution in [0.2, 0.25) is 5.02 Å². The van der Waals surface area contributed by atoms with E-state index in [1.807, 2.05) is 30.3 Å². The Morgan fingerprint density at radius 2 is 1.81 bits per heavy atom. The van der Waals surface area contributed by atoms with E-state index in [4.69, 9.17) is 11.6 Å². The summed E-state index contributed by atoms with van der Waals surface area (Å²) in [5.41, 5.74) is -4.17. The summed E-state index contributed by atoms with van der Waals surface area (Å²) in [7, 11) is -5.54. The van der Waals surface area contributed by atoms with E-state index in [9.17, 15) is 21.6 Å². The molecule has 0 aromatic heterocycles. The van der Waals surface area contributed by atoms with Crippen molar-refractivity contribution in [3.8, 4) is 0 Å². The first-order chi connectivity index (χ1) is 12.2. The zero-order chi connectivity index (χ0) is 18.9. The first-order valence-corrected chi connectivity index (χ1v) is 9.32. The summed E-state index contributed by atoms with van der Waals surface area (Å²) < 4.78 is 62.5. The Labute approximate surface area is 153 Å². The second-order valence-corrected chi connectivity index (χ2v) is 7.61. The van der Waals surface area contributed by atoms with E-state index in [0.29, 0.717) is 18.7 Å². The number of halogens is 4. The second-order valence-electron chi connectivity index (χ2n) is 5.50. The van der Waals surface area contributed by atoms with Crippen LogP contribution in [0.15, 0.2) is 53.6 Å². The monoisotopic (exact) mass is 403 g/mol. The number of hydrazone groups is 1. The average molecular weight is 404 g/mol. The van der Waals surface area contributed by atoms with E-state index in [1.165, 1.54) is 18.2 Å². The van der Waals surface area contributed by atoms with Gasteiger partial charge in [-0.1, -0.05) is 29.8 Å². The minimum absolute atomic E-state index is 0.212. The molecule has 2 aromatic rings. The van der Waals surface area contributed by atoms with Crippen LogP contribution >= 0.6 is 11.6 Å². The van der Waals surface area contributed by atoms with E-state index in [-0.39, 0.29) is 16.3 Å². The quantitative estimate of drug-likeness (QED) is 0.831. The molecule has 138 valence electrons. The van der Waals surface area contributed by atoms with Crippen molar-refractivity contribution < 1.29 is 21.6 Å². The van der Waals surface area contributed by atoms with Crippen LogP contribution in [-0.4, -0.2) is 26.2 Å². The fourth-order valence-electron chi connectivity index (χ4n) is 2.48. The number of anilines is 2. The molecule has 0 saturated heterocycles. The minimum Gasteiger partial charge on any atom is -0.275 e. The van der Waals surface area contributed by atoms with Crippen LogP contribution < -0.4 is 9.73 Å². The third-order valence-electron chi connectivity index (χ3n) is 3.70. The lowest BCUT2D eigenvalue weighted by atomic mass is 10.1. The van der Waals surface area contributed by atoms with Gasteiger partial charge in [0.15, 0.2) is 0 Å². The molecule has 0 amide bonds. The Morgan fingerprint density at radius 1 is 1.12 bits per heavy atom. The van der Waals surface area contributed by atoms with Gasteiger partial charge in [-0.15, -0.1) is 0 Å². The molecule has 0 unspecified atom stereocenters. The van der Waals surface area contributed by atoms with Crippen LogP contribution in [0.25, 0.3) is 0 Å². The van der Waals surface area contributed by atoms with Crippen molar-refractivity contribution in [2.45, 2.75) is 11.9 Å². The van der Waals surface area contributed by atoms with Crippen molar-refractivity contribution in [1.29, 1.82) is 0 Å². The fraction of sp³-hybridized carbons (Fsp3) is 0.188. The Hall–Kier alpha value is -2.26. The van der Waals surface area contributed by atoms with Gasteiger partial charge in [0, 0.05) is 23.6 Å². The van der Waals surface area contributed by atoms with Gasteiger partial charge in [-0.3, -0.25) is 9.73 Å². The summed E-state index contributed by atoms with van der Waals surface area (Å²) in [6.45, 7) is 0.511. The SMILES string of the molecule is O=S(=O)(Nc1ccc(Cl)cc1C1=NN(c2ccccc2)CC1)C(F)(F)F. The van der Waals surface area contributed by atoms with Crippen molar-refractivity contribution >= 4 is 38.7 Å². The molecule has 26 heavy (non-hydrogen) atoms. The smallest absolute Gasteiger partial charge is 0.275 e. The number of para-hydroxylation sites is 1. The van der Waals surface area contributed by atoms with Crippen LogP contribution in [0, 0.1) is 0 Å². The highest BCUT2D eigenvalue weighted by Crippen LogP contribution is 2.31. The van der Waals surface area contributed by atoms with Crippen LogP contribution in [0.3, 0.4) is 0 Å². The summed E-state index contributed by atoms with van der Waals surface area (Å²) in [6, 6.07) is 13.1. The minimum atomic E-state index is -5.54. The van der Waals surface area contributed by atoms with E-state index in [2.05, 4.69) is 5.10 Å². The van der Waals surface area contributed by atoms with Gasteiger partial charge in [0.1, 0.15) is 0 Å². The maximum Gasteiger partial charge on any atom is 0.516 e. The van der Waals surface area contributed by atoms with Crippen molar-refractivity contribution in [2.75, 3.05) is 16.3 Å². The molecule has 2 aromatic carbocycles. The zero-order valence-corrected chi connectivity index (χ0v) is 14.7. The largest absolute Gasteiger partial charge is 0.516 e.